The number of para-hydroxylation sites is 2. The first-order chi connectivity index (χ1) is 10.7. The molecule has 22 heavy (non-hydrogen) atoms. The lowest BCUT2D eigenvalue weighted by molar-refractivity contribution is 0.233. The fourth-order valence-electron chi connectivity index (χ4n) is 2.33. The third kappa shape index (κ3) is 3.17. The Labute approximate surface area is 130 Å². The average molecular weight is 293 g/mol. The molecule has 0 saturated carbocycles. The van der Waals surface area contributed by atoms with E-state index < -0.39 is 0 Å². The van der Waals surface area contributed by atoms with E-state index in [1.54, 1.807) is 6.33 Å². The number of ether oxygens (including phenoxy) is 1. The Hall–Kier alpha value is -2.62. The second-order valence-corrected chi connectivity index (χ2v) is 5.31. The van der Waals surface area contributed by atoms with Crippen LogP contribution in [0.2, 0.25) is 0 Å². The summed E-state index contributed by atoms with van der Waals surface area (Å²) in [5.41, 5.74) is 2.08. The molecule has 1 unspecified atom stereocenters. The first kappa shape index (κ1) is 14.3. The molecule has 0 saturated heterocycles. The molecule has 3 aromatic rings. The number of nitrogens with one attached hydrogen (secondary N) is 1. The average Bonchev–Trinajstić information content (AvgIpc) is 2.55. The number of rotatable bonds is 5. The lowest BCUT2D eigenvalue weighted by atomic mass is 10.2. The van der Waals surface area contributed by atoms with Crippen molar-refractivity contribution in [1.82, 2.24) is 9.97 Å². The topological polar surface area (TPSA) is 47.0 Å². The lowest BCUT2D eigenvalue weighted by Gasteiger charge is -2.17. The fraction of sp³-hybridized carbons (Fsp3) is 0.222. The highest BCUT2D eigenvalue weighted by Crippen LogP contribution is 2.20. The molecule has 1 N–H and O–H groups in total. The van der Waals surface area contributed by atoms with Crippen LogP contribution in [-0.2, 0) is 0 Å². The SMILES string of the molecule is Cc1ccccc1OC(C)CNc1ncnc2ccccc12. The van der Waals surface area contributed by atoms with Crippen LogP contribution in [0.15, 0.2) is 54.9 Å². The lowest BCUT2D eigenvalue weighted by Crippen LogP contribution is -2.23. The van der Waals surface area contributed by atoms with Gasteiger partial charge in [0.25, 0.3) is 0 Å². The zero-order valence-corrected chi connectivity index (χ0v) is 12.8. The number of benzene rings is 2. The van der Waals surface area contributed by atoms with Gasteiger partial charge in [-0.2, -0.15) is 0 Å². The summed E-state index contributed by atoms with van der Waals surface area (Å²) in [6.45, 7) is 4.77. The summed E-state index contributed by atoms with van der Waals surface area (Å²) in [4.78, 5) is 8.59. The van der Waals surface area contributed by atoms with Gasteiger partial charge in [0, 0.05) is 5.39 Å². The smallest absolute Gasteiger partial charge is 0.137 e. The molecule has 0 radical (unpaired) electrons. The Morgan fingerprint density at radius 1 is 1.05 bits per heavy atom. The van der Waals surface area contributed by atoms with E-state index in [9.17, 15) is 0 Å². The molecule has 0 spiro atoms. The summed E-state index contributed by atoms with van der Waals surface area (Å²) in [6.07, 6.45) is 1.62. The van der Waals surface area contributed by atoms with Crippen LogP contribution in [0.1, 0.15) is 12.5 Å². The Morgan fingerprint density at radius 3 is 2.68 bits per heavy atom. The summed E-state index contributed by atoms with van der Waals surface area (Å²) in [7, 11) is 0. The van der Waals surface area contributed by atoms with Crippen molar-refractivity contribution >= 4 is 16.7 Å². The highest BCUT2D eigenvalue weighted by Gasteiger charge is 2.08. The van der Waals surface area contributed by atoms with Crippen molar-refractivity contribution < 1.29 is 4.74 Å². The Kier molecular flexibility index (Phi) is 4.19. The molecule has 1 atom stereocenters. The minimum Gasteiger partial charge on any atom is -0.489 e. The second kappa shape index (κ2) is 6.43. The quantitative estimate of drug-likeness (QED) is 0.777. The molecule has 0 aliphatic carbocycles. The monoisotopic (exact) mass is 293 g/mol. The first-order valence-corrected chi connectivity index (χ1v) is 7.40. The normalized spacial score (nSPS) is 12.1. The van der Waals surface area contributed by atoms with Crippen LogP contribution in [0.4, 0.5) is 5.82 Å². The minimum absolute atomic E-state index is 0.0369. The Balaban J connectivity index is 1.68. The number of fused-ring (bicyclic) bond motifs is 1. The minimum atomic E-state index is 0.0369. The number of hydrogen-bond donors (Lipinski definition) is 1. The van der Waals surface area contributed by atoms with E-state index in [4.69, 9.17) is 4.74 Å². The number of nitrogens with zero attached hydrogens (tertiary/aromatic N) is 2. The number of aryl methyl sites for hydroxylation is 1. The van der Waals surface area contributed by atoms with Crippen LogP contribution < -0.4 is 10.1 Å². The summed E-state index contributed by atoms with van der Waals surface area (Å²) < 4.78 is 5.97. The largest absolute Gasteiger partial charge is 0.489 e. The van der Waals surface area contributed by atoms with Crippen LogP contribution in [-0.4, -0.2) is 22.6 Å². The molecule has 1 aromatic heterocycles. The molecule has 4 nitrogen and oxygen atoms in total. The maximum Gasteiger partial charge on any atom is 0.137 e. The maximum absolute atomic E-state index is 5.97. The van der Waals surface area contributed by atoms with Gasteiger partial charge in [-0.05, 0) is 37.6 Å². The van der Waals surface area contributed by atoms with Crippen molar-refractivity contribution in [3.63, 3.8) is 0 Å². The van der Waals surface area contributed by atoms with Crippen molar-refractivity contribution in [2.24, 2.45) is 0 Å². The van der Waals surface area contributed by atoms with Gasteiger partial charge in [0.05, 0.1) is 12.1 Å². The van der Waals surface area contributed by atoms with Gasteiger partial charge in [0.15, 0.2) is 0 Å². The predicted octanol–water partition coefficient (Wildman–Crippen LogP) is 3.82. The Morgan fingerprint density at radius 2 is 1.82 bits per heavy atom. The summed E-state index contributed by atoms with van der Waals surface area (Å²) in [6, 6.07) is 16.0. The molecule has 0 amide bonds. The van der Waals surface area contributed by atoms with E-state index in [1.165, 1.54) is 0 Å². The van der Waals surface area contributed by atoms with Crippen molar-refractivity contribution in [2.75, 3.05) is 11.9 Å². The van der Waals surface area contributed by atoms with Gasteiger partial charge < -0.3 is 10.1 Å². The fourth-order valence-corrected chi connectivity index (χ4v) is 2.33. The van der Waals surface area contributed by atoms with Crippen LogP contribution in [0.25, 0.3) is 10.9 Å². The zero-order valence-electron chi connectivity index (χ0n) is 12.8. The third-order valence-electron chi connectivity index (χ3n) is 3.52. The standard InChI is InChI=1S/C18H19N3O/c1-13-7-3-6-10-17(13)22-14(2)11-19-18-15-8-4-5-9-16(15)20-12-21-18/h3-10,12,14H,11H2,1-2H3,(H,19,20,21). The van der Waals surface area contributed by atoms with E-state index in [0.717, 1.165) is 28.0 Å². The van der Waals surface area contributed by atoms with Gasteiger partial charge in [-0.15, -0.1) is 0 Å². The molecule has 0 fully saturated rings. The molecule has 0 aliphatic rings. The van der Waals surface area contributed by atoms with E-state index in [0.29, 0.717) is 6.54 Å². The molecular formula is C18H19N3O. The van der Waals surface area contributed by atoms with Crippen LogP contribution >= 0.6 is 0 Å². The van der Waals surface area contributed by atoms with Gasteiger partial charge in [-0.25, -0.2) is 9.97 Å². The van der Waals surface area contributed by atoms with E-state index >= 15 is 0 Å². The van der Waals surface area contributed by atoms with E-state index in [-0.39, 0.29) is 6.10 Å². The van der Waals surface area contributed by atoms with Crippen LogP contribution in [0.3, 0.4) is 0 Å². The molecule has 1 heterocycles. The van der Waals surface area contributed by atoms with Gasteiger partial charge in [-0.1, -0.05) is 30.3 Å². The third-order valence-corrected chi connectivity index (χ3v) is 3.52. The summed E-state index contributed by atoms with van der Waals surface area (Å²) in [5.74, 6) is 1.76. The molecule has 3 rings (SSSR count). The number of hydrogen-bond acceptors (Lipinski definition) is 4. The molecule has 112 valence electrons. The van der Waals surface area contributed by atoms with Crippen LogP contribution in [0.5, 0.6) is 5.75 Å². The number of aromatic nitrogens is 2. The van der Waals surface area contributed by atoms with E-state index in [1.807, 2.05) is 62.4 Å². The maximum atomic E-state index is 5.97. The Bertz CT molecular complexity index is 768. The summed E-state index contributed by atoms with van der Waals surface area (Å²) in [5, 5.41) is 4.37. The van der Waals surface area contributed by atoms with Gasteiger partial charge in [0.2, 0.25) is 0 Å². The second-order valence-electron chi connectivity index (χ2n) is 5.31. The van der Waals surface area contributed by atoms with Gasteiger partial charge in [-0.3, -0.25) is 0 Å². The summed E-state index contributed by atoms with van der Waals surface area (Å²) >= 11 is 0. The van der Waals surface area contributed by atoms with E-state index in [2.05, 4.69) is 15.3 Å². The first-order valence-electron chi connectivity index (χ1n) is 7.40. The predicted molar refractivity (Wildman–Crippen MR) is 89.3 cm³/mol. The van der Waals surface area contributed by atoms with Crippen molar-refractivity contribution in [3.05, 3.63) is 60.4 Å². The van der Waals surface area contributed by atoms with Crippen molar-refractivity contribution in [2.45, 2.75) is 20.0 Å². The van der Waals surface area contributed by atoms with Crippen molar-refractivity contribution in [3.8, 4) is 5.75 Å². The highest BCUT2D eigenvalue weighted by molar-refractivity contribution is 5.88. The molecule has 4 heteroatoms. The van der Waals surface area contributed by atoms with Gasteiger partial charge >= 0.3 is 0 Å². The molecule has 0 aliphatic heterocycles. The number of anilines is 1. The van der Waals surface area contributed by atoms with Crippen LogP contribution in [0, 0.1) is 6.92 Å². The molecular weight excluding hydrogens is 274 g/mol. The van der Waals surface area contributed by atoms with Gasteiger partial charge in [0.1, 0.15) is 24.0 Å². The van der Waals surface area contributed by atoms with Crippen molar-refractivity contribution in [1.29, 1.82) is 0 Å². The highest BCUT2D eigenvalue weighted by atomic mass is 16.5. The molecule has 0 bridgehead atoms. The zero-order chi connectivity index (χ0) is 15.4. The molecule has 2 aromatic carbocycles.